The Bertz CT molecular complexity index is 278. The zero-order chi connectivity index (χ0) is 17.1. The molecule has 0 saturated carbocycles. The predicted octanol–water partition coefficient (Wildman–Crippen LogP) is 0.460. The van der Waals surface area contributed by atoms with Crippen LogP contribution in [0.3, 0.4) is 0 Å². The molecule has 4 N–H and O–H groups in total. The Hall–Kier alpha value is -1.80. The molecule has 0 aromatic rings. The molecule has 130 valence electrons. The highest BCUT2D eigenvalue weighted by Crippen LogP contribution is 1.79. The van der Waals surface area contributed by atoms with Crippen molar-refractivity contribution in [2.75, 3.05) is 53.1 Å². The molecule has 0 aliphatic heterocycles. The minimum absolute atomic E-state index is 0.174. The number of rotatable bonds is 11. The monoisotopic (exact) mass is 318 g/mol. The molecule has 0 atom stereocenters. The van der Waals surface area contributed by atoms with Gasteiger partial charge in [0, 0.05) is 26.7 Å². The van der Waals surface area contributed by atoms with Crippen LogP contribution in [0.15, 0.2) is 13.2 Å². The van der Waals surface area contributed by atoms with Gasteiger partial charge in [0.25, 0.3) is 0 Å². The van der Waals surface area contributed by atoms with Crippen molar-refractivity contribution < 1.29 is 19.1 Å². The van der Waals surface area contributed by atoms with Gasteiger partial charge in [-0.05, 0) is 6.42 Å². The number of carbonyl (C=O) groups is 2. The normalized spacial score (nSPS) is 9.18. The molecule has 22 heavy (non-hydrogen) atoms. The lowest BCUT2D eigenvalue weighted by Gasteiger charge is -2.08. The molecule has 0 heterocycles. The molecule has 0 aromatic heterocycles. The molecule has 0 fully saturated rings. The Labute approximate surface area is 133 Å². The lowest BCUT2D eigenvalue weighted by molar-refractivity contribution is 0.0510. The van der Waals surface area contributed by atoms with Crippen molar-refractivity contribution >= 4 is 12.1 Å². The first-order chi connectivity index (χ1) is 10.7. The van der Waals surface area contributed by atoms with E-state index in [1.165, 1.54) is 0 Å². The van der Waals surface area contributed by atoms with Gasteiger partial charge < -0.3 is 30.7 Å². The van der Waals surface area contributed by atoms with Crippen molar-refractivity contribution in [3.8, 4) is 0 Å². The van der Waals surface area contributed by atoms with E-state index in [1.807, 2.05) is 6.92 Å². The first-order valence-electron chi connectivity index (χ1n) is 7.33. The maximum atomic E-state index is 11.1. The molecular formula is C14H30N4O4. The van der Waals surface area contributed by atoms with Gasteiger partial charge in [-0.3, -0.25) is 0 Å². The smallest absolute Gasteiger partial charge is 0.314 e. The molecule has 8 heteroatoms. The Morgan fingerprint density at radius 1 is 0.818 bits per heavy atom. The average molecular weight is 318 g/mol. The number of amides is 4. The highest BCUT2D eigenvalue weighted by atomic mass is 16.5. The Kier molecular flexibility index (Phi) is 19.6. The van der Waals surface area contributed by atoms with Crippen molar-refractivity contribution in [2.45, 2.75) is 13.3 Å². The van der Waals surface area contributed by atoms with E-state index in [-0.39, 0.29) is 12.1 Å². The summed E-state index contributed by atoms with van der Waals surface area (Å²) in [6.07, 6.45) is 0.913. The summed E-state index contributed by atoms with van der Waals surface area (Å²) < 4.78 is 10.5. The molecule has 0 unspecified atom stereocenters. The molecule has 0 bridgehead atoms. The van der Waals surface area contributed by atoms with Crippen molar-refractivity contribution in [3.63, 3.8) is 0 Å². The van der Waals surface area contributed by atoms with Gasteiger partial charge in [0.15, 0.2) is 0 Å². The van der Waals surface area contributed by atoms with E-state index in [0.29, 0.717) is 46.1 Å². The van der Waals surface area contributed by atoms with Crippen LogP contribution >= 0.6 is 0 Å². The van der Waals surface area contributed by atoms with E-state index in [9.17, 15) is 9.59 Å². The van der Waals surface area contributed by atoms with Crippen molar-refractivity contribution in [2.24, 2.45) is 0 Å². The van der Waals surface area contributed by atoms with E-state index < -0.39 is 0 Å². The van der Waals surface area contributed by atoms with Crippen molar-refractivity contribution in [3.05, 3.63) is 13.2 Å². The molecule has 0 spiro atoms. The summed E-state index contributed by atoms with van der Waals surface area (Å²) >= 11 is 0. The second kappa shape index (κ2) is 19.2. The third-order valence-electron chi connectivity index (χ3n) is 2.20. The third kappa shape index (κ3) is 18.2. The topological polar surface area (TPSA) is 101 Å². The van der Waals surface area contributed by atoms with Gasteiger partial charge in [0.2, 0.25) is 0 Å². The van der Waals surface area contributed by atoms with Gasteiger partial charge in [0.1, 0.15) is 0 Å². The van der Waals surface area contributed by atoms with E-state index >= 15 is 0 Å². The Morgan fingerprint density at radius 2 is 1.27 bits per heavy atom. The Morgan fingerprint density at radius 3 is 1.73 bits per heavy atom. The number of hydrogen-bond acceptors (Lipinski definition) is 4. The lowest BCUT2D eigenvalue weighted by atomic mass is 10.5. The number of nitrogens with one attached hydrogen (secondary N) is 4. The molecule has 8 nitrogen and oxygen atoms in total. The fraction of sp³-hybridized carbons (Fsp3) is 0.714. The fourth-order valence-corrected chi connectivity index (χ4v) is 1.18. The summed E-state index contributed by atoms with van der Waals surface area (Å²) in [5.74, 6) is 0. The van der Waals surface area contributed by atoms with E-state index in [0.717, 1.165) is 6.42 Å². The van der Waals surface area contributed by atoms with Gasteiger partial charge >= 0.3 is 12.1 Å². The number of hydrogen-bond donors (Lipinski definition) is 4. The molecule has 0 aromatic carbocycles. The molecule has 0 saturated heterocycles. The van der Waals surface area contributed by atoms with Crippen LogP contribution in [0.25, 0.3) is 0 Å². The fourth-order valence-electron chi connectivity index (χ4n) is 1.18. The van der Waals surface area contributed by atoms with Crippen LogP contribution < -0.4 is 21.3 Å². The van der Waals surface area contributed by atoms with E-state index in [4.69, 9.17) is 9.47 Å². The molecule has 0 radical (unpaired) electrons. The van der Waals surface area contributed by atoms with Gasteiger partial charge in [-0.1, -0.05) is 6.92 Å². The van der Waals surface area contributed by atoms with Crippen LogP contribution in [0.2, 0.25) is 0 Å². The maximum absolute atomic E-state index is 11.1. The van der Waals surface area contributed by atoms with Crippen LogP contribution in [-0.4, -0.2) is 65.2 Å². The number of ether oxygens (including phenoxy) is 2. The van der Waals surface area contributed by atoms with Gasteiger partial charge in [-0.15, -0.1) is 13.2 Å². The van der Waals surface area contributed by atoms with Crippen molar-refractivity contribution in [1.29, 1.82) is 0 Å². The molecule has 0 rings (SSSR count). The highest BCUT2D eigenvalue weighted by Gasteiger charge is 1.97. The summed E-state index contributed by atoms with van der Waals surface area (Å²) in [6, 6.07) is -0.399. The molecular weight excluding hydrogens is 288 g/mol. The predicted molar refractivity (Wildman–Crippen MR) is 87.0 cm³/mol. The van der Waals surface area contributed by atoms with Gasteiger partial charge in [-0.2, -0.15) is 0 Å². The standard InChI is InChI=1S/C12H26N4O4.C2H4/c1-3-4-14-12(18)16-6-8-20-10-9-19-7-5-15-11(17)13-2;1-2/h3-10H2,1-2H3,(H2,13,15,17)(H2,14,16,18);1-2H2. The van der Waals surface area contributed by atoms with E-state index in [2.05, 4.69) is 34.4 Å². The number of urea groups is 2. The van der Waals surface area contributed by atoms with E-state index in [1.54, 1.807) is 7.05 Å². The maximum Gasteiger partial charge on any atom is 0.314 e. The van der Waals surface area contributed by atoms with Crippen LogP contribution in [0.5, 0.6) is 0 Å². The lowest BCUT2D eigenvalue weighted by Crippen LogP contribution is -2.37. The SMILES string of the molecule is C=C.CCCNC(=O)NCCOCCOCCNC(=O)NC. The first-order valence-corrected chi connectivity index (χ1v) is 7.33. The quantitative estimate of drug-likeness (QED) is 0.328. The zero-order valence-corrected chi connectivity index (χ0v) is 13.7. The first kappa shape index (κ1) is 22.5. The third-order valence-corrected chi connectivity index (χ3v) is 2.20. The van der Waals surface area contributed by atoms with Crippen LogP contribution in [0.1, 0.15) is 13.3 Å². The summed E-state index contributed by atoms with van der Waals surface area (Å²) in [7, 11) is 1.56. The summed E-state index contributed by atoms with van der Waals surface area (Å²) in [5, 5.41) is 10.4. The van der Waals surface area contributed by atoms with Crippen LogP contribution in [0.4, 0.5) is 9.59 Å². The second-order valence-electron chi connectivity index (χ2n) is 3.91. The summed E-state index contributed by atoms with van der Waals surface area (Å²) in [4.78, 5) is 21.9. The second-order valence-corrected chi connectivity index (χ2v) is 3.91. The van der Waals surface area contributed by atoms with Crippen LogP contribution in [0, 0.1) is 0 Å². The molecule has 0 aliphatic carbocycles. The van der Waals surface area contributed by atoms with Crippen molar-refractivity contribution in [1.82, 2.24) is 21.3 Å². The molecule has 4 amide bonds. The highest BCUT2D eigenvalue weighted by molar-refractivity contribution is 5.73. The molecule has 0 aliphatic rings. The number of carbonyl (C=O) groups excluding carboxylic acids is 2. The largest absolute Gasteiger partial charge is 0.377 e. The van der Waals surface area contributed by atoms with Gasteiger partial charge in [0.05, 0.1) is 26.4 Å². The van der Waals surface area contributed by atoms with Crippen LogP contribution in [-0.2, 0) is 9.47 Å². The minimum Gasteiger partial charge on any atom is -0.377 e. The average Bonchev–Trinajstić information content (AvgIpc) is 2.56. The van der Waals surface area contributed by atoms with Gasteiger partial charge in [-0.25, -0.2) is 9.59 Å². The Balaban J connectivity index is 0. The minimum atomic E-state index is -0.225. The summed E-state index contributed by atoms with van der Waals surface area (Å²) in [5.41, 5.74) is 0. The summed E-state index contributed by atoms with van der Waals surface area (Å²) in [6.45, 7) is 11.4. The zero-order valence-electron chi connectivity index (χ0n) is 13.7.